The van der Waals surface area contributed by atoms with Crippen molar-refractivity contribution >= 4 is 21.6 Å². The number of benzene rings is 2. The number of anilines is 1. The molecule has 0 saturated carbocycles. The molecule has 2 aromatic rings. The zero-order valence-electron chi connectivity index (χ0n) is 15.0. The van der Waals surface area contributed by atoms with Gasteiger partial charge in [0.2, 0.25) is 0 Å². The van der Waals surface area contributed by atoms with Crippen molar-refractivity contribution in [3.63, 3.8) is 0 Å². The summed E-state index contributed by atoms with van der Waals surface area (Å²) in [5.41, 5.74) is 2.70. The van der Waals surface area contributed by atoms with Crippen molar-refractivity contribution in [2.45, 2.75) is 31.6 Å². The number of carbonyl (C=O) groups is 1. The lowest BCUT2D eigenvalue weighted by Gasteiger charge is -2.14. The SMILES string of the molecule is CCCc1ccc(S(=O)(=O)Nc2cc(C(=O)N(C)C)ccc2C)cc1. The van der Waals surface area contributed by atoms with Gasteiger partial charge >= 0.3 is 0 Å². The first-order valence-corrected chi connectivity index (χ1v) is 9.67. The van der Waals surface area contributed by atoms with Gasteiger partial charge in [-0.2, -0.15) is 0 Å². The fourth-order valence-electron chi connectivity index (χ4n) is 2.45. The highest BCUT2D eigenvalue weighted by atomic mass is 32.2. The van der Waals surface area contributed by atoms with E-state index >= 15 is 0 Å². The van der Waals surface area contributed by atoms with Crippen LogP contribution in [-0.4, -0.2) is 33.3 Å². The average molecular weight is 360 g/mol. The van der Waals surface area contributed by atoms with E-state index in [2.05, 4.69) is 11.6 Å². The first kappa shape index (κ1) is 19.0. The topological polar surface area (TPSA) is 66.5 Å². The van der Waals surface area contributed by atoms with Crippen molar-refractivity contribution in [2.24, 2.45) is 0 Å². The molecular weight excluding hydrogens is 336 g/mol. The molecule has 5 nitrogen and oxygen atoms in total. The van der Waals surface area contributed by atoms with E-state index in [0.717, 1.165) is 24.0 Å². The molecule has 0 aliphatic heterocycles. The van der Waals surface area contributed by atoms with E-state index in [1.54, 1.807) is 51.4 Å². The van der Waals surface area contributed by atoms with Crippen LogP contribution in [0.25, 0.3) is 0 Å². The maximum atomic E-state index is 12.6. The van der Waals surface area contributed by atoms with Gasteiger partial charge in [0.15, 0.2) is 0 Å². The molecule has 2 aromatic carbocycles. The molecule has 0 bridgehead atoms. The van der Waals surface area contributed by atoms with Crippen molar-refractivity contribution in [2.75, 3.05) is 18.8 Å². The second-order valence-electron chi connectivity index (χ2n) is 6.23. The Labute approximate surface area is 149 Å². The fourth-order valence-corrected chi connectivity index (χ4v) is 3.57. The van der Waals surface area contributed by atoms with E-state index in [4.69, 9.17) is 0 Å². The number of nitrogens with zero attached hydrogens (tertiary/aromatic N) is 1. The van der Waals surface area contributed by atoms with Crippen LogP contribution in [-0.2, 0) is 16.4 Å². The molecule has 0 aromatic heterocycles. The molecule has 0 unspecified atom stereocenters. The van der Waals surface area contributed by atoms with Crippen molar-refractivity contribution in [3.8, 4) is 0 Å². The summed E-state index contributed by atoms with van der Waals surface area (Å²) in [6.07, 6.45) is 1.93. The third-order valence-electron chi connectivity index (χ3n) is 3.91. The number of hydrogen-bond acceptors (Lipinski definition) is 3. The van der Waals surface area contributed by atoms with Crippen molar-refractivity contribution < 1.29 is 13.2 Å². The first-order valence-electron chi connectivity index (χ1n) is 8.18. The lowest BCUT2D eigenvalue weighted by Crippen LogP contribution is -2.22. The van der Waals surface area contributed by atoms with Crippen LogP contribution in [0, 0.1) is 6.92 Å². The third-order valence-corrected chi connectivity index (χ3v) is 5.29. The highest BCUT2D eigenvalue weighted by Gasteiger charge is 2.17. The molecule has 134 valence electrons. The molecule has 2 rings (SSSR count). The van der Waals surface area contributed by atoms with Gasteiger partial charge in [-0.25, -0.2) is 8.42 Å². The Hall–Kier alpha value is -2.34. The predicted molar refractivity (Wildman–Crippen MR) is 100 cm³/mol. The maximum Gasteiger partial charge on any atom is 0.261 e. The number of rotatable bonds is 6. The quantitative estimate of drug-likeness (QED) is 0.858. The summed E-state index contributed by atoms with van der Waals surface area (Å²) in [6.45, 7) is 3.88. The maximum absolute atomic E-state index is 12.6. The van der Waals surface area contributed by atoms with Crippen LogP contribution in [0.2, 0.25) is 0 Å². The Morgan fingerprint density at radius 1 is 1.08 bits per heavy atom. The Kier molecular flexibility index (Phi) is 5.85. The largest absolute Gasteiger partial charge is 0.345 e. The second kappa shape index (κ2) is 7.70. The van der Waals surface area contributed by atoms with Gasteiger partial charge in [-0.05, 0) is 48.7 Å². The molecule has 0 radical (unpaired) electrons. The molecule has 0 heterocycles. The van der Waals surface area contributed by atoms with Crippen LogP contribution in [0.15, 0.2) is 47.4 Å². The number of aryl methyl sites for hydroxylation is 2. The van der Waals surface area contributed by atoms with Crippen LogP contribution < -0.4 is 4.72 Å². The normalized spacial score (nSPS) is 11.2. The summed E-state index contributed by atoms with van der Waals surface area (Å²) in [5.74, 6) is -0.177. The standard InChI is InChI=1S/C19H24N2O3S/c1-5-6-15-8-11-17(12-9-15)25(23,24)20-18-13-16(10-7-14(18)2)19(22)21(3)4/h7-13,20H,5-6H2,1-4H3. The number of hydrogen-bond donors (Lipinski definition) is 1. The summed E-state index contributed by atoms with van der Waals surface area (Å²) in [7, 11) is -0.392. The molecular formula is C19H24N2O3S. The van der Waals surface area contributed by atoms with E-state index < -0.39 is 10.0 Å². The van der Waals surface area contributed by atoms with E-state index in [0.29, 0.717) is 11.3 Å². The minimum atomic E-state index is -3.71. The van der Waals surface area contributed by atoms with Gasteiger partial charge in [-0.3, -0.25) is 9.52 Å². The first-order chi connectivity index (χ1) is 11.7. The summed E-state index contributed by atoms with van der Waals surface area (Å²) in [4.78, 5) is 13.7. The minimum Gasteiger partial charge on any atom is -0.345 e. The molecule has 6 heteroatoms. The lowest BCUT2D eigenvalue weighted by atomic mass is 10.1. The lowest BCUT2D eigenvalue weighted by molar-refractivity contribution is 0.0827. The number of carbonyl (C=O) groups excluding carboxylic acids is 1. The van der Waals surface area contributed by atoms with Gasteiger partial charge in [0, 0.05) is 19.7 Å². The van der Waals surface area contributed by atoms with Gasteiger partial charge in [-0.15, -0.1) is 0 Å². The van der Waals surface area contributed by atoms with E-state index in [1.165, 1.54) is 4.90 Å². The summed E-state index contributed by atoms with van der Waals surface area (Å²) in [6, 6.07) is 11.9. The minimum absolute atomic E-state index is 0.177. The molecule has 1 amide bonds. The third kappa shape index (κ3) is 4.60. The Bertz CT molecular complexity index is 857. The molecule has 0 saturated heterocycles. The molecule has 1 N–H and O–H groups in total. The zero-order valence-corrected chi connectivity index (χ0v) is 15.9. The molecule has 0 aliphatic carbocycles. The monoisotopic (exact) mass is 360 g/mol. The highest BCUT2D eigenvalue weighted by molar-refractivity contribution is 7.92. The van der Waals surface area contributed by atoms with Gasteiger partial charge in [0.25, 0.3) is 15.9 Å². The molecule has 0 fully saturated rings. The van der Waals surface area contributed by atoms with Crippen LogP contribution in [0.3, 0.4) is 0 Å². The van der Waals surface area contributed by atoms with Crippen molar-refractivity contribution in [3.05, 3.63) is 59.2 Å². The summed E-state index contributed by atoms with van der Waals surface area (Å²) < 4.78 is 27.9. The highest BCUT2D eigenvalue weighted by Crippen LogP contribution is 2.22. The van der Waals surface area contributed by atoms with E-state index in [9.17, 15) is 13.2 Å². The average Bonchev–Trinajstić information content (AvgIpc) is 2.56. The van der Waals surface area contributed by atoms with E-state index in [1.807, 2.05) is 12.1 Å². The molecule has 0 spiro atoms. The zero-order chi connectivity index (χ0) is 18.6. The van der Waals surface area contributed by atoms with Gasteiger partial charge < -0.3 is 4.90 Å². The second-order valence-corrected chi connectivity index (χ2v) is 7.91. The van der Waals surface area contributed by atoms with Crippen LogP contribution in [0.5, 0.6) is 0 Å². The predicted octanol–water partition coefficient (Wildman–Crippen LogP) is 3.45. The van der Waals surface area contributed by atoms with Crippen LogP contribution in [0.4, 0.5) is 5.69 Å². The fraction of sp³-hybridized carbons (Fsp3) is 0.316. The molecule has 0 aliphatic rings. The Morgan fingerprint density at radius 3 is 2.28 bits per heavy atom. The Morgan fingerprint density at radius 2 is 1.72 bits per heavy atom. The summed E-state index contributed by atoms with van der Waals surface area (Å²) in [5, 5.41) is 0. The van der Waals surface area contributed by atoms with Gasteiger partial charge in [0.05, 0.1) is 10.6 Å². The number of sulfonamides is 1. The number of amides is 1. The van der Waals surface area contributed by atoms with Crippen molar-refractivity contribution in [1.29, 1.82) is 0 Å². The number of nitrogens with one attached hydrogen (secondary N) is 1. The summed E-state index contributed by atoms with van der Waals surface area (Å²) >= 11 is 0. The van der Waals surface area contributed by atoms with Gasteiger partial charge in [-0.1, -0.05) is 31.5 Å². The Balaban J connectivity index is 2.30. The van der Waals surface area contributed by atoms with Crippen LogP contribution in [0.1, 0.15) is 34.8 Å². The smallest absolute Gasteiger partial charge is 0.261 e. The van der Waals surface area contributed by atoms with E-state index in [-0.39, 0.29) is 10.8 Å². The van der Waals surface area contributed by atoms with Crippen molar-refractivity contribution in [1.82, 2.24) is 4.90 Å². The van der Waals surface area contributed by atoms with Gasteiger partial charge in [0.1, 0.15) is 0 Å². The molecule has 0 atom stereocenters. The van der Waals surface area contributed by atoms with Crippen LogP contribution >= 0.6 is 0 Å². The molecule has 25 heavy (non-hydrogen) atoms.